The summed E-state index contributed by atoms with van der Waals surface area (Å²) in [4.78, 5) is 15.3. The summed E-state index contributed by atoms with van der Waals surface area (Å²) in [7, 11) is 1.86. The molecule has 1 fully saturated rings. The van der Waals surface area contributed by atoms with E-state index in [4.69, 9.17) is 0 Å². The second-order valence-electron chi connectivity index (χ2n) is 7.20. The highest BCUT2D eigenvalue weighted by atomic mass is 32.1. The van der Waals surface area contributed by atoms with Gasteiger partial charge in [0, 0.05) is 63.6 Å². The predicted molar refractivity (Wildman–Crippen MR) is 119 cm³/mol. The van der Waals surface area contributed by atoms with Crippen LogP contribution in [0.15, 0.2) is 65.2 Å². The first-order valence-corrected chi connectivity index (χ1v) is 10.9. The molecule has 1 N–H and O–H groups in total. The summed E-state index contributed by atoms with van der Waals surface area (Å²) >= 11 is 1.84. The lowest BCUT2D eigenvalue weighted by Gasteiger charge is -2.36. The molecule has 0 bridgehead atoms. The zero-order chi connectivity index (χ0) is 19.9. The molecule has 0 saturated carbocycles. The van der Waals surface area contributed by atoms with Gasteiger partial charge in [0.25, 0.3) is 0 Å². The number of guanidine groups is 1. The maximum absolute atomic E-state index is 4.54. The molecule has 29 heavy (non-hydrogen) atoms. The number of thiophene rings is 1. The average Bonchev–Trinajstić information content (AvgIpc) is 3.43. The molecule has 0 unspecified atom stereocenters. The van der Waals surface area contributed by atoms with Gasteiger partial charge in [-0.15, -0.1) is 11.3 Å². The highest BCUT2D eigenvalue weighted by Gasteiger charge is 2.20. The third-order valence-electron chi connectivity index (χ3n) is 5.25. The average molecular weight is 409 g/mol. The molecule has 6 nitrogen and oxygen atoms in total. The van der Waals surface area contributed by atoms with E-state index in [0.29, 0.717) is 6.54 Å². The molecule has 1 aliphatic heterocycles. The molecule has 1 saturated heterocycles. The second kappa shape index (κ2) is 9.71. The fourth-order valence-corrected chi connectivity index (χ4v) is 4.41. The second-order valence-corrected chi connectivity index (χ2v) is 8.23. The lowest BCUT2D eigenvalue weighted by molar-refractivity contribution is 0.173. The van der Waals surface area contributed by atoms with E-state index in [2.05, 4.69) is 71.4 Å². The number of aromatic nitrogens is 2. The molecule has 1 aliphatic rings. The van der Waals surface area contributed by atoms with Gasteiger partial charge >= 0.3 is 0 Å². The highest BCUT2D eigenvalue weighted by molar-refractivity contribution is 7.09. The lowest BCUT2D eigenvalue weighted by atomic mass is 10.2. The Kier molecular flexibility index (Phi) is 6.59. The van der Waals surface area contributed by atoms with Crippen molar-refractivity contribution in [2.24, 2.45) is 4.99 Å². The van der Waals surface area contributed by atoms with E-state index >= 15 is 0 Å². The zero-order valence-corrected chi connectivity index (χ0v) is 17.7. The molecule has 0 amide bonds. The maximum atomic E-state index is 4.54. The normalized spacial score (nSPS) is 15.6. The number of hydrogen-bond donors (Lipinski definition) is 1. The number of nitrogens with one attached hydrogen (secondary N) is 1. The molecule has 0 radical (unpaired) electrons. The molecule has 0 spiro atoms. The van der Waals surface area contributed by atoms with Gasteiger partial charge in [-0.25, -0.2) is 4.98 Å². The van der Waals surface area contributed by atoms with Gasteiger partial charge in [-0.1, -0.05) is 36.4 Å². The Bertz CT molecular complexity index is 895. The standard InChI is InChI=1S/C22H28N6S/c1-23-22(27-13-11-26(12-14-27)18-20-8-5-15-29-20)25-16-21-24-9-10-28(21)17-19-6-3-2-4-7-19/h2-10,15H,11-14,16-18H2,1H3,(H,23,25). The van der Waals surface area contributed by atoms with Gasteiger partial charge in [-0.05, 0) is 17.0 Å². The molecule has 4 rings (SSSR count). The van der Waals surface area contributed by atoms with E-state index in [1.165, 1.54) is 10.4 Å². The molecule has 3 heterocycles. The van der Waals surface area contributed by atoms with Crippen molar-refractivity contribution in [2.75, 3.05) is 33.2 Å². The molecule has 1 aromatic carbocycles. The minimum atomic E-state index is 0.669. The largest absolute Gasteiger partial charge is 0.349 e. The summed E-state index contributed by atoms with van der Waals surface area (Å²) in [6, 6.07) is 14.8. The SMILES string of the molecule is CN=C(NCc1nccn1Cc1ccccc1)N1CCN(Cc2cccs2)CC1. The van der Waals surface area contributed by atoms with E-state index in [9.17, 15) is 0 Å². The van der Waals surface area contributed by atoms with Crippen LogP contribution in [0.4, 0.5) is 0 Å². The Morgan fingerprint density at radius 1 is 1.07 bits per heavy atom. The van der Waals surface area contributed by atoms with Gasteiger partial charge in [-0.3, -0.25) is 9.89 Å². The first-order chi connectivity index (χ1) is 14.3. The summed E-state index contributed by atoms with van der Waals surface area (Å²) in [5.74, 6) is 1.97. The van der Waals surface area contributed by atoms with E-state index in [0.717, 1.165) is 51.1 Å². The van der Waals surface area contributed by atoms with Crippen molar-refractivity contribution in [3.05, 3.63) is 76.5 Å². The van der Waals surface area contributed by atoms with Crippen LogP contribution in [0.2, 0.25) is 0 Å². The van der Waals surface area contributed by atoms with Crippen LogP contribution in [0.3, 0.4) is 0 Å². The monoisotopic (exact) mass is 408 g/mol. The Balaban J connectivity index is 1.29. The van der Waals surface area contributed by atoms with E-state index in [1.54, 1.807) is 0 Å². The smallest absolute Gasteiger partial charge is 0.194 e. The van der Waals surface area contributed by atoms with E-state index in [1.807, 2.05) is 36.8 Å². The number of nitrogens with zero attached hydrogens (tertiary/aromatic N) is 5. The predicted octanol–water partition coefficient (Wildman–Crippen LogP) is 2.89. The quantitative estimate of drug-likeness (QED) is 0.503. The van der Waals surface area contributed by atoms with Crippen LogP contribution in [0.1, 0.15) is 16.3 Å². The van der Waals surface area contributed by atoms with Crippen molar-refractivity contribution in [1.29, 1.82) is 0 Å². The maximum Gasteiger partial charge on any atom is 0.194 e. The fraction of sp³-hybridized carbons (Fsp3) is 0.364. The van der Waals surface area contributed by atoms with Gasteiger partial charge in [0.05, 0.1) is 6.54 Å². The van der Waals surface area contributed by atoms with Crippen molar-refractivity contribution >= 4 is 17.3 Å². The molecule has 3 aromatic rings. The van der Waals surface area contributed by atoms with Crippen LogP contribution < -0.4 is 5.32 Å². The van der Waals surface area contributed by atoms with Crippen LogP contribution >= 0.6 is 11.3 Å². The van der Waals surface area contributed by atoms with Gasteiger partial charge in [0.2, 0.25) is 0 Å². The number of aliphatic imine (C=N–C) groups is 1. The number of benzene rings is 1. The Labute approximate surface area is 176 Å². The summed E-state index contributed by atoms with van der Waals surface area (Å²) in [5.41, 5.74) is 1.28. The van der Waals surface area contributed by atoms with Gasteiger partial charge in [0.1, 0.15) is 5.82 Å². The van der Waals surface area contributed by atoms with Gasteiger partial charge in [0.15, 0.2) is 5.96 Å². The van der Waals surface area contributed by atoms with Crippen LogP contribution in [0.25, 0.3) is 0 Å². The number of rotatable bonds is 6. The summed E-state index contributed by atoms with van der Waals surface area (Å²) in [6.07, 6.45) is 3.90. The molecule has 0 atom stereocenters. The van der Waals surface area contributed by atoms with Crippen molar-refractivity contribution < 1.29 is 0 Å². The first-order valence-electron chi connectivity index (χ1n) is 10.1. The lowest BCUT2D eigenvalue weighted by Crippen LogP contribution is -2.52. The third kappa shape index (κ3) is 5.25. The Morgan fingerprint density at radius 2 is 1.90 bits per heavy atom. The number of imidazole rings is 1. The third-order valence-corrected chi connectivity index (χ3v) is 6.11. The van der Waals surface area contributed by atoms with Crippen LogP contribution in [0, 0.1) is 0 Å². The first kappa shape index (κ1) is 19.7. The summed E-state index contributed by atoms with van der Waals surface area (Å²) in [6.45, 7) is 6.64. The molecular formula is C22H28N6S. The number of piperazine rings is 1. The van der Waals surface area contributed by atoms with Crippen molar-refractivity contribution in [3.63, 3.8) is 0 Å². The fourth-order valence-electron chi connectivity index (χ4n) is 3.66. The van der Waals surface area contributed by atoms with Crippen LogP contribution in [-0.2, 0) is 19.6 Å². The zero-order valence-electron chi connectivity index (χ0n) is 16.9. The summed E-state index contributed by atoms with van der Waals surface area (Å²) in [5, 5.41) is 5.66. The minimum absolute atomic E-state index is 0.669. The van der Waals surface area contributed by atoms with Gasteiger partial charge < -0.3 is 14.8 Å². The Morgan fingerprint density at radius 3 is 2.62 bits per heavy atom. The van der Waals surface area contributed by atoms with Crippen LogP contribution in [-0.4, -0.2) is 58.5 Å². The van der Waals surface area contributed by atoms with E-state index < -0.39 is 0 Å². The molecular weight excluding hydrogens is 380 g/mol. The molecule has 0 aliphatic carbocycles. The molecule has 152 valence electrons. The minimum Gasteiger partial charge on any atom is -0.349 e. The highest BCUT2D eigenvalue weighted by Crippen LogP contribution is 2.13. The van der Waals surface area contributed by atoms with Crippen molar-refractivity contribution in [3.8, 4) is 0 Å². The van der Waals surface area contributed by atoms with Crippen molar-refractivity contribution in [2.45, 2.75) is 19.6 Å². The van der Waals surface area contributed by atoms with Crippen LogP contribution in [0.5, 0.6) is 0 Å². The summed E-state index contributed by atoms with van der Waals surface area (Å²) < 4.78 is 2.19. The number of hydrogen-bond acceptors (Lipinski definition) is 4. The molecule has 2 aromatic heterocycles. The van der Waals surface area contributed by atoms with Crippen molar-refractivity contribution in [1.82, 2.24) is 24.7 Å². The topological polar surface area (TPSA) is 48.7 Å². The van der Waals surface area contributed by atoms with Gasteiger partial charge in [-0.2, -0.15) is 0 Å². The van der Waals surface area contributed by atoms with E-state index in [-0.39, 0.29) is 0 Å². The molecule has 7 heteroatoms. The Hall–Kier alpha value is -2.64.